The Hall–Kier alpha value is -0.640. The Labute approximate surface area is 77.3 Å². The van der Waals surface area contributed by atoms with Crippen molar-refractivity contribution in [2.24, 2.45) is 0 Å². The third kappa shape index (κ3) is 0.941. The average molecular weight is 184 g/mol. The fraction of sp³-hybridized carbons (Fsp3) is 0.750. The van der Waals surface area contributed by atoms with E-state index in [1.54, 1.807) is 4.90 Å². The number of carbonyl (C=O) groups is 1. The Balaban J connectivity index is 2.23. The van der Waals surface area contributed by atoms with Crippen molar-refractivity contribution in [3.63, 3.8) is 0 Å². The van der Waals surface area contributed by atoms with Crippen LogP contribution < -0.4 is 0 Å². The third-order valence-electron chi connectivity index (χ3n) is 2.60. The maximum absolute atomic E-state index is 11.6. The summed E-state index contributed by atoms with van der Waals surface area (Å²) in [5.74, 6) is 0.171. The quantitative estimate of drug-likeness (QED) is 0.557. The average Bonchev–Trinajstić information content (AvgIpc) is 2.82. The summed E-state index contributed by atoms with van der Waals surface area (Å²) >= 11 is 5.16. The van der Waals surface area contributed by atoms with Crippen LogP contribution in [0.25, 0.3) is 0 Å². The summed E-state index contributed by atoms with van der Waals surface area (Å²) in [6.07, 6.45) is 2.24. The van der Waals surface area contributed by atoms with Gasteiger partial charge in [-0.05, 0) is 32.0 Å². The molecule has 3 nitrogen and oxygen atoms in total. The molecule has 0 spiro atoms. The summed E-state index contributed by atoms with van der Waals surface area (Å²) in [7, 11) is 1.88. The molecule has 1 unspecified atom stereocenters. The molecular weight excluding hydrogens is 172 g/mol. The molecule has 1 aliphatic carbocycles. The fourth-order valence-corrected chi connectivity index (χ4v) is 1.86. The zero-order chi connectivity index (χ0) is 8.88. The lowest BCUT2D eigenvalue weighted by molar-refractivity contribution is -0.127. The summed E-state index contributed by atoms with van der Waals surface area (Å²) in [6.45, 7) is 1.90. The molecule has 2 aliphatic rings. The zero-order valence-corrected chi connectivity index (χ0v) is 8.10. The molecule has 1 atom stereocenters. The monoisotopic (exact) mass is 184 g/mol. The van der Waals surface area contributed by atoms with Crippen molar-refractivity contribution in [1.29, 1.82) is 0 Å². The topological polar surface area (TPSA) is 23.6 Å². The van der Waals surface area contributed by atoms with Gasteiger partial charge < -0.3 is 4.90 Å². The number of hydrogen-bond donors (Lipinski definition) is 0. The van der Waals surface area contributed by atoms with Crippen LogP contribution in [0, 0.1) is 0 Å². The Morgan fingerprint density at radius 1 is 1.50 bits per heavy atom. The first-order chi connectivity index (χ1) is 5.63. The summed E-state index contributed by atoms with van der Waals surface area (Å²) < 4.78 is 0. The second-order valence-corrected chi connectivity index (χ2v) is 3.87. The van der Waals surface area contributed by atoms with Crippen molar-refractivity contribution in [3.05, 3.63) is 0 Å². The minimum atomic E-state index is -0.0573. The largest absolute Gasteiger partial charge is 0.340 e. The molecule has 66 valence electrons. The van der Waals surface area contributed by atoms with E-state index in [0.29, 0.717) is 11.2 Å². The smallest absolute Gasteiger partial charge is 0.251 e. The van der Waals surface area contributed by atoms with Crippen LogP contribution in [0.1, 0.15) is 19.8 Å². The van der Waals surface area contributed by atoms with Crippen LogP contribution in [0.2, 0.25) is 0 Å². The minimum absolute atomic E-state index is 0.0573. The van der Waals surface area contributed by atoms with Gasteiger partial charge in [-0.3, -0.25) is 9.69 Å². The van der Waals surface area contributed by atoms with Gasteiger partial charge >= 0.3 is 0 Å². The van der Waals surface area contributed by atoms with E-state index >= 15 is 0 Å². The first-order valence-corrected chi connectivity index (χ1v) is 4.63. The van der Waals surface area contributed by atoms with Crippen LogP contribution in [0.5, 0.6) is 0 Å². The van der Waals surface area contributed by atoms with Crippen LogP contribution in [0.4, 0.5) is 0 Å². The van der Waals surface area contributed by atoms with Gasteiger partial charge in [0.1, 0.15) is 6.04 Å². The summed E-state index contributed by atoms with van der Waals surface area (Å²) in [6, 6.07) is 0.357. The van der Waals surface area contributed by atoms with Crippen LogP contribution in [0.3, 0.4) is 0 Å². The number of amides is 1. The number of carbonyl (C=O) groups excluding carboxylic acids is 1. The Bertz CT molecular complexity index is 229. The number of likely N-dealkylation sites (N-methyl/N-ethyl adjacent to an activating group) is 1. The molecular formula is C8H12N2OS. The van der Waals surface area contributed by atoms with Gasteiger partial charge in [-0.25, -0.2) is 0 Å². The lowest BCUT2D eigenvalue weighted by Crippen LogP contribution is -2.33. The molecule has 0 aromatic rings. The highest BCUT2D eigenvalue weighted by Crippen LogP contribution is 2.31. The van der Waals surface area contributed by atoms with E-state index in [9.17, 15) is 4.79 Å². The Kier molecular flexibility index (Phi) is 1.61. The number of hydrogen-bond acceptors (Lipinski definition) is 2. The van der Waals surface area contributed by atoms with Gasteiger partial charge in [-0.15, -0.1) is 0 Å². The molecule has 1 heterocycles. The van der Waals surface area contributed by atoms with Crippen molar-refractivity contribution in [2.45, 2.75) is 31.8 Å². The maximum atomic E-state index is 11.6. The fourth-order valence-electron chi connectivity index (χ4n) is 1.47. The lowest BCUT2D eigenvalue weighted by Gasteiger charge is -2.16. The first kappa shape index (κ1) is 7.98. The van der Waals surface area contributed by atoms with E-state index in [1.807, 2.05) is 18.9 Å². The van der Waals surface area contributed by atoms with Gasteiger partial charge in [0.15, 0.2) is 5.11 Å². The molecule has 2 rings (SSSR count). The molecule has 1 saturated carbocycles. The molecule has 1 saturated heterocycles. The highest BCUT2D eigenvalue weighted by atomic mass is 32.1. The van der Waals surface area contributed by atoms with Crippen molar-refractivity contribution in [2.75, 3.05) is 7.05 Å². The van der Waals surface area contributed by atoms with Gasteiger partial charge in [0.2, 0.25) is 0 Å². The molecule has 0 N–H and O–H groups in total. The van der Waals surface area contributed by atoms with Crippen LogP contribution in [-0.4, -0.2) is 40.0 Å². The predicted octanol–water partition coefficient (Wildman–Crippen LogP) is 0.596. The third-order valence-corrected chi connectivity index (χ3v) is 3.08. The first-order valence-electron chi connectivity index (χ1n) is 4.23. The minimum Gasteiger partial charge on any atom is -0.340 e. The van der Waals surface area contributed by atoms with Crippen molar-refractivity contribution in [3.8, 4) is 0 Å². The molecule has 4 heteroatoms. The second-order valence-electron chi connectivity index (χ2n) is 3.51. The summed E-state index contributed by atoms with van der Waals surface area (Å²) in [5, 5.41) is 0.704. The Morgan fingerprint density at radius 2 is 2.08 bits per heavy atom. The van der Waals surface area contributed by atoms with E-state index in [2.05, 4.69) is 0 Å². The van der Waals surface area contributed by atoms with Gasteiger partial charge in [0.05, 0.1) is 0 Å². The number of nitrogens with zero attached hydrogens (tertiary/aromatic N) is 2. The number of thiocarbonyl (C=S) groups is 1. The Morgan fingerprint density at radius 3 is 2.42 bits per heavy atom. The van der Waals surface area contributed by atoms with Gasteiger partial charge in [0.25, 0.3) is 5.91 Å². The van der Waals surface area contributed by atoms with Crippen molar-refractivity contribution in [1.82, 2.24) is 9.80 Å². The van der Waals surface area contributed by atoms with Crippen LogP contribution in [-0.2, 0) is 4.79 Å². The van der Waals surface area contributed by atoms with Crippen molar-refractivity contribution >= 4 is 23.2 Å². The van der Waals surface area contributed by atoms with E-state index in [-0.39, 0.29) is 11.9 Å². The van der Waals surface area contributed by atoms with E-state index in [0.717, 1.165) is 12.8 Å². The molecule has 1 aliphatic heterocycles. The SMILES string of the molecule is CC1C(=O)N(C2CC2)C(=S)N1C. The molecule has 2 fully saturated rings. The van der Waals surface area contributed by atoms with E-state index in [4.69, 9.17) is 12.2 Å². The van der Waals surface area contributed by atoms with Gasteiger partial charge in [-0.2, -0.15) is 0 Å². The summed E-state index contributed by atoms with van der Waals surface area (Å²) in [5.41, 5.74) is 0. The normalized spacial score (nSPS) is 30.3. The standard InChI is InChI=1S/C8H12N2OS/c1-5-7(11)10(6-3-4-6)8(12)9(5)2/h5-6H,3-4H2,1-2H3. The molecule has 1 amide bonds. The number of rotatable bonds is 1. The van der Waals surface area contributed by atoms with Crippen molar-refractivity contribution < 1.29 is 4.79 Å². The molecule has 0 radical (unpaired) electrons. The highest BCUT2D eigenvalue weighted by molar-refractivity contribution is 7.80. The van der Waals surface area contributed by atoms with E-state index in [1.165, 1.54) is 0 Å². The van der Waals surface area contributed by atoms with Gasteiger partial charge in [0, 0.05) is 13.1 Å². The van der Waals surface area contributed by atoms with Gasteiger partial charge in [-0.1, -0.05) is 0 Å². The molecule has 0 aromatic carbocycles. The van der Waals surface area contributed by atoms with Crippen LogP contribution >= 0.6 is 12.2 Å². The highest BCUT2D eigenvalue weighted by Gasteiger charge is 2.44. The van der Waals surface area contributed by atoms with E-state index < -0.39 is 0 Å². The molecule has 0 bridgehead atoms. The maximum Gasteiger partial charge on any atom is 0.251 e. The lowest BCUT2D eigenvalue weighted by atomic mass is 10.3. The zero-order valence-electron chi connectivity index (χ0n) is 7.28. The summed E-state index contributed by atoms with van der Waals surface area (Å²) in [4.78, 5) is 15.3. The second kappa shape index (κ2) is 2.42. The van der Waals surface area contributed by atoms with Crippen LogP contribution in [0.15, 0.2) is 0 Å². The predicted molar refractivity (Wildman–Crippen MR) is 49.7 cm³/mol. The molecule has 0 aromatic heterocycles. The molecule has 12 heavy (non-hydrogen) atoms.